The normalized spacial score (nSPS) is 11.2. The Bertz CT molecular complexity index is 781. The number of benzene rings is 2. The van der Waals surface area contributed by atoms with Gasteiger partial charge in [-0.05, 0) is 57.2 Å². The van der Waals surface area contributed by atoms with E-state index in [4.69, 9.17) is 4.74 Å². The largest absolute Gasteiger partial charge is 0.507 e. The second kappa shape index (κ2) is 8.89. The quantitative estimate of drug-likeness (QED) is 0.590. The second-order valence-corrected chi connectivity index (χ2v) is 5.74. The highest BCUT2D eigenvalue weighted by Gasteiger charge is 2.09. The Hall–Kier alpha value is -3.02. The van der Waals surface area contributed by atoms with Gasteiger partial charge in [0.15, 0.2) is 0 Å². The number of ether oxygens (including phenoxy) is 1. The molecule has 6 heteroatoms. The minimum Gasteiger partial charge on any atom is -0.507 e. The van der Waals surface area contributed by atoms with Crippen LogP contribution in [0.4, 0.5) is 5.69 Å². The molecule has 2 aromatic carbocycles. The zero-order valence-electron chi connectivity index (χ0n) is 15.6. The van der Waals surface area contributed by atoms with Gasteiger partial charge in [-0.25, -0.2) is 5.43 Å². The SMILES string of the molecule is CCN(CC)c1ccc(C(=O)N/N=C(\C)c2ccc(OC)cc2O)cc1. The number of amides is 1. The van der Waals surface area contributed by atoms with E-state index < -0.39 is 0 Å². The predicted octanol–water partition coefficient (Wildman–Crippen LogP) is 3.40. The Morgan fingerprint density at radius 2 is 1.81 bits per heavy atom. The lowest BCUT2D eigenvalue weighted by Gasteiger charge is -2.20. The maximum Gasteiger partial charge on any atom is 0.271 e. The van der Waals surface area contributed by atoms with E-state index >= 15 is 0 Å². The smallest absolute Gasteiger partial charge is 0.271 e. The van der Waals surface area contributed by atoms with E-state index in [1.807, 2.05) is 12.1 Å². The van der Waals surface area contributed by atoms with E-state index in [9.17, 15) is 9.90 Å². The van der Waals surface area contributed by atoms with E-state index in [0.29, 0.717) is 22.6 Å². The van der Waals surface area contributed by atoms with Gasteiger partial charge >= 0.3 is 0 Å². The maximum absolute atomic E-state index is 12.3. The van der Waals surface area contributed by atoms with Crippen molar-refractivity contribution in [3.05, 3.63) is 53.6 Å². The van der Waals surface area contributed by atoms with Crippen LogP contribution >= 0.6 is 0 Å². The molecule has 2 N–H and O–H groups in total. The zero-order chi connectivity index (χ0) is 19.1. The fourth-order valence-electron chi connectivity index (χ4n) is 2.62. The van der Waals surface area contributed by atoms with E-state index in [2.05, 4.69) is 29.3 Å². The lowest BCUT2D eigenvalue weighted by atomic mass is 10.1. The Morgan fingerprint density at radius 3 is 2.35 bits per heavy atom. The Balaban J connectivity index is 2.08. The van der Waals surface area contributed by atoms with E-state index in [1.54, 1.807) is 31.2 Å². The molecule has 0 atom stereocenters. The molecule has 6 nitrogen and oxygen atoms in total. The van der Waals surface area contributed by atoms with Gasteiger partial charge in [0, 0.05) is 36.0 Å². The minimum atomic E-state index is -0.302. The molecule has 2 aromatic rings. The third-order valence-corrected chi connectivity index (χ3v) is 4.18. The number of phenols is 1. The molecule has 26 heavy (non-hydrogen) atoms. The van der Waals surface area contributed by atoms with Gasteiger partial charge in [0.25, 0.3) is 5.91 Å². The summed E-state index contributed by atoms with van der Waals surface area (Å²) in [5.41, 5.74) is 5.15. The minimum absolute atomic E-state index is 0.0448. The van der Waals surface area contributed by atoms with Crippen LogP contribution < -0.4 is 15.1 Å². The summed E-state index contributed by atoms with van der Waals surface area (Å²) in [6.07, 6.45) is 0. The summed E-state index contributed by atoms with van der Waals surface area (Å²) in [5.74, 6) is 0.295. The number of anilines is 1. The molecule has 2 rings (SSSR count). The molecule has 0 aliphatic heterocycles. The van der Waals surface area contributed by atoms with Crippen LogP contribution in [0.5, 0.6) is 11.5 Å². The van der Waals surface area contributed by atoms with Gasteiger partial charge < -0.3 is 14.7 Å². The monoisotopic (exact) mass is 355 g/mol. The van der Waals surface area contributed by atoms with Crippen molar-refractivity contribution in [1.29, 1.82) is 0 Å². The summed E-state index contributed by atoms with van der Waals surface area (Å²) < 4.78 is 5.06. The average Bonchev–Trinajstić information content (AvgIpc) is 2.67. The summed E-state index contributed by atoms with van der Waals surface area (Å²) in [7, 11) is 1.53. The zero-order valence-corrected chi connectivity index (χ0v) is 15.6. The third kappa shape index (κ3) is 4.53. The first-order valence-corrected chi connectivity index (χ1v) is 8.57. The molecule has 0 fully saturated rings. The summed E-state index contributed by atoms with van der Waals surface area (Å²) in [6, 6.07) is 12.3. The van der Waals surface area contributed by atoms with E-state index in [1.165, 1.54) is 13.2 Å². The number of hydrazone groups is 1. The van der Waals surface area contributed by atoms with Crippen LogP contribution in [0.2, 0.25) is 0 Å². The van der Waals surface area contributed by atoms with E-state index in [-0.39, 0.29) is 11.7 Å². The number of methoxy groups -OCH3 is 1. The molecular formula is C20H25N3O3. The highest BCUT2D eigenvalue weighted by Crippen LogP contribution is 2.23. The molecule has 0 aromatic heterocycles. The highest BCUT2D eigenvalue weighted by molar-refractivity contribution is 6.02. The summed E-state index contributed by atoms with van der Waals surface area (Å²) >= 11 is 0. The lowest BCUT2D eigenvalue weighted by Crippen LogP contribution is -2.22. The number of nitrogens with zero attached hydrogens (tertiary/aromatic N) is 2. The molecule has 0 saturated heterocycles. The molecule has 0 aliphatic carbocycles. The van der Waals surface area contributed by atoms with Gasteiger partial charge in [-0.15, -0.1) is 0 Å². The van der Waals surface area contributed by atoms with Gasteiger partial charge in [0.1, 0.15) is 11.5 Å². The Morgan fingerprint density at radius 1 is 1.15 bits per heavy atom. The number of rotatable bonds is 7. The van der Waals surface area contributed by atoms with Crippen molar-refractivity contribution in [2.45, 2.75) is 20.8 Å². The lowest BCUT2D eigenvalue weighted by molar-refractivity contribution is 0.0955. The number of aromatic hydroxyl groups is 1. The standard InChI is InChI=1S/C20H25N3O3/c1-5-23(6-2)16-9-7-15(8-10-16)20(25)22-21-14(3)18-12-11-17(26-4)13-19(18)24/h7-13,24H,5-6H2,1-4H3,(H,22,25)/b21-14+. The van der Waals surface area contributed by atoms with Gasteiger partial charge in [-0.2, -0.15) is 5.10 Å². The van der Waals surface area contributed by atoms with Crippen LogP contribution in [0.15, 0.2) is 47.6 Å². The number of carbonyl (C=O) groups is 1. The first kappa shape index (κ1) is 19.3. The molecular weight excluding hydrogens is 330 g/mol. The number of nitrogens with one attached hydrogen (secondary N) is 1. The molecule has 0 saturated carbocycles. The van der Waals surface area contributed by atoms with Gasteiger partial charge in [-0.1, -0.05) is 0 Å². The maximum atomic E-state index is 12.3. The fourth-order valence-corrected chi connectivity index (χ4v) is 2.62. The van der Waals surface area contributed by atoms with Crippen LogP contribution in [-0.4, -0.2) is 36.9 Å². The van der Waals surface area contributed by atoms with Crippen LogP contribution in [0.25, 0.3) is 0 Å². The molecule has 0 spiro atoms. The van der Waals surface area contributed by atoms with Crippen molar-refractivity contribution in [1.82, 2.24) is 5.43 Å². The van der Waals surface area contributed by atoms with Crippen molar-refractivity contribution < 1.29 is 14.6 Å². The molecule has 1 amide bonds. The molecule has 138 valence electrons. The molecule has 0 bridgehead atoms. The number of hydrogen-bond donors (Lipinski definition) is 2. The number of carbonyl (C=O) groups excluding carboxylic acids is 1. The third-order valence-electron chi connectivity index (χ3n) is 4.18. The topological polar surface area (TPSA) is 74.2 Å². The number of hydrogen-bond acceptors (Lipinski definition) is 5. The van der Waals surface area contributed by atoms with E-state index in [0.717, 1.165) is 18.8 Å². The van der Waals surface area contributed by atoms with Crippen LogP contribution in [0, 0.1) is 0 Å². The predicted molar refractivity (Wildman–Crippen MR) is 104 cm³/mol. The van der Waals surface area contributed by atoms with Gasteiger partial charge in [0.05, 0.1) is 12.8 Å². The first-order valence-electron chi connectivity index (χ1n) is 8.57. The van der Waals surface area contributed by atoms with Gasteiger partial charge in [-0.3, -0.25) is 4.79 Å². The molecule has 0 heterocycles. The van der Waals surface area contributed by atoms with Crippen molar-refractivity contribution in [3.63, 3.8) is 0 Å². The summed E-state index contributed by atoms with van der Waals surface area (Å²) in [5, 5.41) is 14.1. The first-order chi connectivity index (χ1) is 12.5. The Kier molecular flexibility index (Phi) is 6.60. The summed E-state index contributed by atoms with van der Waals surface area (Å²) in [6.45, 7) is 7.73. The van der Waals surface area contributed by atoms with Crippen molar-refractivity contribution >= 4 is 17.3 Å². The highest BCUT2D eigenvalue weighted by atomic mass is 16.5. The average molecular weight is 355 g/mol. The molecule has 0 unspecified atom stereocenters. The molecule has 0 radical (unpaired) electrons. The fraction of sp³-hybridized carbons (Fsp3) is 0.300. The van der Waals surface area contributed by atoms with Crippen molar-refractivity contribution in [2.24, 2.45) is 5.10 Å². The van der Waals surface area contributed by atoms with Crippen LogP contribution in [-0.2, 0) is 0 Å². The van der Waals surface area contributed by atoms with Crippen LogP contribution in [0.3, 0.4) is 0 Å². The van der Waals surface area contributed by atoms with Gasteiger partial charge in [0.2, 0.25) is 0 Å². The number of phenolic OH excluding ortho intramolecular Hbond substituents is 1. The molecule has 0 aliphatic rings. The van der Waals surface area contributed by atoms with Crippen molar-refractivity contribution in [3.8, 4) is 11.5 Å². The Labute approximate surface area is 154 Å². The van der Waals surface area contributed by atoms with Crippen LogP contribution in [0.1, 0.15) is 36.7 Å². The second-order valence-electron chi connectivity index (χ2n) is 5.74. The van der Waals surface area contributed by atoms with Crippen molar-refractivity contribution in [2.75, 3.05) is 25.1 Å². The summed E-state index contributed by atoms with van der Waals surface area (Å²) in [4.78, 5) is 14.5.